The summed E-state index contributed by atoms with van der Waals surface area (Å²) in [6, 6.07) is 7.74. The Morgan fingerprint density at radius 2 is 1.96 bits per heavy atom. The van der Waals surface area contributed by atoms with E-state index in [9.17, 15) is 9.59 Å². The van der Waals surface area contributed by atoms with Crippen molar-refractivity contribution >= 4 is 23.6 Å². The van der Waals surface area contributed by atoms with Crippen LogP contribution in [0, 0.1) is 6.92 Å². The fourth-order valence-corrected chi connectivity index (χ4v) is 2.35. The molecular formula is C14H18N6O2S. The van der Waals surface area contributed by atoms with Gasteiger partial charge in [0.05, 0.1) is 18.0 Å². The maximum absolute atomic E-state index is 11.8. The minimum atomic E-state index is -0.247. The number of nitrogens with one attached hydrogen (secondary N) is 1. The fourth-order valence-electron chi connectivity index (χ4n) is 1.63. The summed E-state index contributed by atoms with van der Waals surface area (Å²) in [6.45, 7) is 1.98. The molecule has 0 unspecified atom stereocenters. The second kappa shape index (κ2) is 7.73. The van der Waals surface area contributed by atoms with E-state index in [1.165, 1.54) is 16.7 Å². The van der Waals surface area contributed by atoms with E-state index < -0.39 is 0 Å². The Morgan fingerprint density at radius 3 is 2.61 bits per heavy atom. The van der Waals surface area contributed by atoms with E-state index in [1.807, 2.05) is 31.2 Å². The van der Waals surface area contributed by atoms with Gasteiger partial charge in [0.2, 0.25) is 17.0 Å². The molecule has 0 spiro atoms. The number of hydrogen-bond donors (Lipinski definition) is 1. The first-order chi connectivity index (χ1) is 11.0. The van der Waals surface area contributed by atoms with Crippen LogP contribution in [0.15, 0.2) is 29.4 Å². The number of hydrogen-bond acceptors (Lipinski definition) is 6. The van der Waals surface area contributed by atoms with Crippen LogP contribution in [-0.2, 0) is 9.59 Å². The van der Waals surface area contributed by atoms with Gasteiger partial charge in [-0.25, -0.2) is 0 Å². The molecule has 0 radical (unpaired) electrons. The highest BCUT2D eigenvalue weighted by atomic mass is 32.2. The zero-order valence-corrected chi connectivity index (χ0v) is 14.0. The van der Waals surface area contributed by atoms with Crippen molar-refractivity contribution in [1.82, 2.24) is 30.4 Å². The van der Waals surface area contributed by atoms with Gasteiger partial charge in [0.15, 0.2) is 0 Å². The lowest BCUT2D eigenvalue weighted by Gasteiger charge is -2.10. The second-order valence-electron chi connectivity index (χ2n) is 5.06. The quantitative estimate of drug-likeness (QED) is 0.762. The number of carbonyl (C=O) groups excluding carboxylic acids is 2. The lowest BCUT2D eigenvalue weighted by atomic mass is 10.2. The molecule has 2 amide bonds. The first-order valence-corrected chi connectivity index (χ1v) is 7.91. The summed E-state index contributed by atoms with van der Waals surface area (Å²) in [5.74, 6) is -0.274. The van der Waals surface area contributed by atoms with Gasteiger partial charge in [0.1, 0.15) is 0 Å². The minimum absolute atomic E-state index is 0.0186. The van der Waals surface area contributed by atoms with E-state index in [0.717, 1.165) is 11.3 Å². The highest BCUT2D eigenvalue weighted by Crippen LogP contribution is 2.18. The molecular weight excluding hydrogens is 316 g/mol. The van der Waals surface area contributed by atoms with Gasteiger partial charge >= 0.3 is 0 Å². The highest BCUT2D eigenvalue weighted by molar-refractivity contribution is 7.99. The summed E-state index contributed by atoms with van der Waals surface area (Å²) in [5.41, 5.74) is 1.97. The maximum atomic E-state index is 11.8. The average Bonchev–Trinajstić information content (AvgIpc) is 2.99. The number of rotatable bonds is 6. The van der Waals surface area contributed by atoms with Crippen LogP contribution in [0.1, 0.15) is 5.56 Å². The SMILES string of the molecule is Cc1ccc(-n2nnnc2SCC(=O)NCC(=O)N(C)C)cc1. The van der Waals surface area contributed by atoms with Crippen molar-refractivity contribution in [3.63, 3.8) is 0 Å². The molecule has 0 fully saturated rings. The van der Waals surface area contributed by atoms with E-state index in [-0.39, 0.29) is 24.1 Å². The van der Waals surface area contributed by atoms with E-state index >= 15 is 0 Å². The lowest BCUT2D eigenvalue weighted by Crippen LogP contribution is -2.37. The number of thioether (sulfide) groups is 1. The van der Waals surface area contributed by atoms with Gasteiger partial charge in [0, 0.05) is 14.1 Å². The van der Waals surface area contributed by atoms with Gasteiger partial charge in [-0.3, -0.25) is 9.59 Å². The van der Waals surface area contributed by atoms with E-state index in [0.29, 0.717) is 5.16 Å². The standard InChI is InChI=1S/C14H18N6O2S/c1-10-4-6-11(7-5-10)20-14(16-17-18-20)23-9-12(21)15-8-13(22)19(2)3/h4-7H,8-9H2,1-3H3,(H,15,21). The summed E-state index contributed by atoms with van der Waals surface area (Å²) in [5, 5.41) is 14.6. The molecule has 122 valence electrons. The van der Waals surface area contributed by atoms with Crippen LogP contribution in [0.5, 0.6) is 0 Å². The number of benzene rings is 1. The molecule has 9 heteroatoms. The molecule has 0 saturated heterocycles. The Balaban J connectivity index is 1.92. The normalized spacial score (nSPS) is 10.4. The molecule has 1 heterocycles. The first-order valence-electron chi connectivity index (χ1n) is 6.92. The van der Waals surface area contributed by atoms with Crippen LogP contribution in [0.4, 0.5) is 0 Å². The third-order valence-corrected chi connectivity index (χ3v) is 3.91. The number of aryl methyl sites for hydroxylation is 1. The molecule has 2 aromatic rings. The Kier molecular flexibility index (Phi) is 5.69. The third-order valence-electron chi connectivity index (χ3n) is 2.99. The number of carbonyl (C=O) groups is 2. The van der Waals surface area contributed by atoms with Crippen LogP contribution in [0.3, 0.4) is 0 Å². The van der Waals surface area contributed by atoms with Gasteiger partial charge in [0.25, 0.3) is 0 Å². The molecule has 1 N–H and O–H groups in total. The zero-order valence-electron chi connectivity index (χ0n) is 13.2. The molecule has 0 aliphatic rings. The summed E-state index contributed by atoms with van der Waals surface area (Å²) in [7, 11) is 3.28. The monoisotopic (exact) mass is 334 g/mol. The summed E-state index contributed by atoms with van der Waals surface area (Å²) >= 11 is 1.21. The van der Waals surface area contributed by atoms with E-state index in [2.05, 4.69) is 20.8 Å². The molecule has 1 aromatic heterocycles. The van der Waals surface area contributed by atoms with Crippen molar-refractivity contribution in [2.45, 2.75) is 12.1 Å². The molecule has 0 atom stereocenters. The van der Waals surface area contributed by atoms with Gasteiger partial charge in [-0.2, -0.15) is 4.68 Å². The molecule has 1 aromatic carbocycles. The van der Waals surface area contributed by atoms with Gasteiger partial charge in [-0.15, -0.1) is 5.10 Å². The van der Waals surface area contributed by atoms with Crippen molar-refractivity contribution in [2.75, 3.05) is 26.4 Å². The van der Waals surface area contributed by atoms with Crippen molar-refractivity contribution in [2.24, 2.45) is 0 Å². The predicted molar refractivity (Wildman–Crippen MR) is 86.3 cm³/mol. The highest BCUT2D eigenvalue weighted by Gasteiger charge is 2.12. The Hall–Kier alpha value is -2.42. The van der Waals surface area contributed by atoms with Crippen LogP contribution in [0.2, 0.25) is 0 Å². The van der Waals surface area contributed by atoms with E-state index in [4.69, 9.17) is 0 Å². The summed E-state index contributed by atoms with van der Waals surface area (Å²) in [6.07, 6.45) is 0. The van der Waals surface area contributed by atoms with Crippen molar-refractivity contribution in [3.05, 3.63) is 29.8 Å². The number of aromatic nitrogens is 4. The smallest absolute Gasteiger partial charge is 0.241 e. The second-order valence-corrected chi connectivity index (χ2v) is 6.00. The largest absolute Gasteiger partial charge is 0.347 e. The van der Waals surface area contributed by atoms with Gasteiger partial charge in [-0.05, 0) is 29.5 Å². The molecule has 2 rings (SSSR count). The topological polar surface area (TPSA) is 93.0 Å². The Bertz CT molecular complexity index is 683. The first kappa shape index (κ1) is 16.9. The number of likely N-dealkylation sites (N-methyl/N-ethyl adjacent to an activating group) is 1. The van der Waals surface area contributed by atoms with Crippen molar-refractivity contribution in [3.8, 4) is 5.69 Å². The third kappa shape index (κ3) is 4.78. The van der Waals surface area contributed by atoms with Crippen molar-refractivity contribution in [1.29, 1.82) is 0 Å². The van der Waals surface area contributed by atoms with Crippen LogP contribution in [-0.4, -0.2) is 63.3 Å². The Labute approximate surface area is 138 Å². The van der Waals surface area contributed by atoms with Gasteiger partial charge < -0.3 is 10.2 Å². The molecule has 0 aliphatic heterocycles. The van der Waals surface area contributed by atoms with Crippen LogP contribution in [0.25, 0.3) is 5.69 Å². The number of amides is 2. The van der Waals surface area contributed by atoms with Crippen LogP contribution < -0.4 is 5.32 Å². The molecule has 8 nitrogen and oxygen atoms in total. The zero-order chi connectivity index (χ0) is 16.8. The molecule has 0 aliphatic carbocycles. The van der Waals surface area contributed by atoms with Crippen LogP contribution >= 0.6 is 11.8 Å². The van der Waals surface area contributed by atoms with Gasteiger partial charge in [-0.1, -0.05) is 29.5 Å². The van der Waals surface area contributed by atoms with Crippen molar-refractivity contribution < 1.29 is 9.59 Å². The fraction of sp³-hybridized carbons (Fsp3) is 0.357. The lowest BCUT2D eigenvalue weighted by molar-refractivity contribution is -0.130. The minimum Gasteiger partial charge on any atom is -0.347 e. The van der Waals surface area contributed by atoms with E-state index in [1.54, 1.807) is 18.8 Å². The number of nitrogens with zero attached hydrogens (tertiary/aromatic N) is 5. The summed E-state index contributed by atoms with van der Waals surface area (Å²) < 4.78 is 1.57. The molecule has 0 saturated carbocycles. The number of tetrazole rings is 1. The average molecular weight is 334 g/mol. The molecule has 0 bridgehead atoms. The molecule has 23 heavy (non-hydrogen) atoms. The Morgan fingerprint density at radius 1 is 1.26 bits per heavy atom. The maximum Gasteiger partial charge on any atom is 0.241 e. The summed E-state index contributed by atoms with van der Waals surface area (Å²) in [4.78, 5) is 24.6. The predicted octanol–water partition coefficient (Wildman–Crippen LogP) is 0.267.